The molecule has 0 aliphatic heterocycles. The summed E-state index contributed by atoms with van der Waals surface area (Å²) in [7, 11) is 0. The zero-order valence-electron chi connectivity index (χ0n) is 20.3. The highest BCUT2D eigenvalue weighted by Gasteiger charge is 2.72. The van der Waals surface area contributed by atoms with Crippen molar-refractivity contribution in [3.63, 3.8) is 0 Å². The highest BCUT2D eigenvalue weighted by molar-refractivity contribution is 5.50. The molecule has 212 valence electrons. The summed E-state index contributed by atoms with van der Waals surface area (Å²) in [4.78, 5) is 20.3. The first kappa shape index (κ1) is 28.9. The van der Waals surface area contributed by atoms with Crippen LogP contribution in [0, 0.1) is 20.2 Å². The molecule has 4 aromatic carbocycles. The second-order valence-corrected chi connectivity index (χ2v) is 8.51. The van der Waals surface area contributed by atoms with Gasteiger partial charge in [-0.2, -0.15) is 26.3 Å². The van der Waals surface area contributed by atoms with E-state index in [2.05, 4.69) is 0 Å². The maximum absolute atomic E-state index is 14.7. The summed E-state index contributed by atoms with van der Waals surface area (Å²) < 4.78 is 98.8. The summed E-state index contributed by atoms with van der Waals surface area (Å²) in [6, 6.07) is 15.5. The molecule has 4 aromatic rings. The average molecular weight is 578 g/mol. The van der Waals surface area contributed by atoms with Crippen molar-refractivity contribution in [3.8, 4) is 23.0 Å². The predicted octanol–water partition coefficient (Wildman–Crippen LogP) is 8.50. The van der Waals surface area contributed by atoms with Crippen molar-refractivity contribution < 1.29 is 45.7 Å². The summed E-state index contributed by atoms with van der Waals surface area (Å²) in [5.74, 6) is -0.883. The van der Waals surface area contributed by atoms with Crippen molar-refractivity contribution in [2.75, 3.05) is 0 Å². The molecule has 0 N–H and O–H groups in total. The van der Waals surface area contributed by atoms with Crippen LogP contribution in [0.25, 0.3) is 0 Å². The van der Waals surface area contributed by atoms with Crippen molar-refractivity contribution in [1.82, 2.24) is 0 Å². The fraction of sp³-hybridized carbons (Fsp3) is 0.111. The zero-order chi connectivity index (χ0) is 30.0. The van der Waals surface area contributed by atoms with E-state index in [0.717, 1.165) is 72.8 Å². The van der Waals surface area contributed by atoms with Crippen molar-refractivity contribution in [2.24, 2.45) is 0 Å². The molecule has 0 saturated heterocycles. The lowest BCUT2D eigenvalue weighted by Crippen LogP contribution is -2.54. The maximum atomic E-state index is 14.7. The number of nitro groups is 2. The van der Waals surface area contributed by atoms with Gasteiger partial charge in [-0.25, -0.2) is 0 Å². The lowest BCUT2D eigenvalue weighted by Gasteiger charge is -2.38. The van der Waals surface area contributed by atoms with Crippen molar-refractivity contribution in [2.45, 2.75) is 17.8 Å². The zero-order valence-corrected chi connectivity index (χ0v) is 20.3. The number of benzene rings is 4. The molecular weight excluding hydrogens is 562 g/mol. The van der Waals surface area contributed by atoms with Crippen LogP contribution in [-0.4, -0.2) is 22.2 Å². The van der Waals surface area contributed by atoms with E-state index in [0.29, 0.717) is 24.3 Å². The number of nitro benzene ring substituents is 2. The molecule has 4 rings (SSSR count). The van der Waals surface area contributed by atoms with Crippen LogP contribution in [0.1, 0.15) is 11.1 Å². The van der Waals surface area contributed by atoms with Crippen LogP contribution in [0.3, 0.4) is 0 Å². The maximum Gasteiger partial charge on any atom is 0.411 e. The van der Waals surface area contributed by atoms with Gasteiger partial charge >= 0.3 is 12.4 Å². The van der Waals surface area contributed by atoms with E-state index in [1.54, 1.807) is 0 Å². The molecule has 0 unspecified atom stereocenters. The van der Waals surface area contributed by atoms with Gasteiger partial charge in [0.25, 0.3) is 11.4 Å². The van der Waals surface area contributed by atoms with Crippen LogP contribution < -0.4 is 9.47 Å². The van der Waals surface area contributed by atoms with Crippen molar-refractivity contribution in [1.29, 1.82) is 0 Å². The second-order valence-electron chi connectivity index (χ2n) is 8.51. The van der Waals surface area contributed by atoms with Gasteiger partial charge in [0.05, 0.1) is 9.85 Å². The molecule has 0 radical (unpaired) electrons. The molecule has 0 amide bonds. The van der Waals surface area contributed by atoms with Gasteiger partial charge in [-0.1, -0.05) is 24.3 Å². The first-order chi connectivity index (χ1) is 19.2. The third-order valence-corrected chi connectivity index (χ3v) is 5.95. The van der Waals surface area contributed by atoms with Gasteiger partial charge in [0.2, 0.25) is 5.41 Å². The van der Waals surface area contributed by atoms with Gasteiger partial charge in [-0.3, -0.25) is 20.2 Å². The van der Waals surface area contributed by atoms with E-state index in [4.69, 9.17) is 9.47 Å². The van der Waals surface area contributed by atoms with Gasteiger partial charge in [-0.15, -0.1) is 0 Å². The molecule has 41 heavy (non-hydrogen) atoms. The lowest BCUT2D eigenvalue weighted by atomic mass is 9.73. The number of rotatable bonds is 8. The molecule has 0 fully saturated rings. The Morgan fingerprint density at radius 3 is 1.15 bits per heavy atom. The predicted molar refractivity (Wildman–Crippen MR) is 132 cm³/mol. The molecule has 0 aliphatic carbocycles. The number of halogens is 6. The first-order valence-corrected chi connectivity index (χ1v) is 11.4. The lowest BCUT2D eigenvalue weighted by molar-refractivity contribution is -0.385. The average Bonchev–Trinajstić information content (AvgIpc) is 2.88. The Bertz CT molecular complexity index is 1450. The number of nitrogens with zero attached hydrogens (tertiary/aromatic N) is 2. The van der Waals surface area contributed by atoms with Crippen LogP contribution >= 0.6 is 0 Å². The fourth-order valence-electron chi connectivity index (χ4n) is 4.11. The number of hydrogen-bond donors (Lipinski definition) is 0. The van der Waals surface area contributed by atoms with Crippen molar-refractivity contribution in [3.05, 3.63) is 128 Å². The van der Waals surface area contributed by atoms with E-state index in [9.17, 15) is 46.6 Å². The monoisotopic (exact) mass is 578 g/mol. The first-order valence-electron chi connectivity index (χ1n) is 11.4. The Hall–Kier alpha value is -5.14. The normalized spacial score (nSPS) is 12.0. The quantitative estimate of drug-likeness (QED) is 0.118. The molecular formula is C27H16F6N2O6. The third-order valence-electron chi connectivity index (χ3n) is 5.95. The molecule has 0 aromatic heterocycles. The minimum Gasteiger partial charge on any atom is -0.457 e. The largest absolute Gasteiger partial charge is 0.457 e. The molecule has 0 bridgehead atoms. The topological polar surface area (TPSA) is 105 Å². The highest BCUT2D eigenvalue weighted by atomic mass is 19.4. The Kier molecular flexibility index (Phi) is 7.59. The van der Waals surface area contributed by atoms with Gasteiger partial charge in [-0.05, 0) is 59.7 Å². The Morgan fingerprint density at radius 2 is 0.854 bits per heavy atom. The molecule has 0 atom stereocenters. The Labute approximate surface area is 226 Å². The SMILES string of the molecule is O=[N+]([O-])c1ccc(Oc2cccc(C(c3cccc(Oc4ccc([N+](=O)[O-])cc4)c3)(C(F)(F)F)C(F)(F)F)c2)cc1. The van der Waals surface area contributed by atoms with Crippen LogP contribution in [0.5, 0.6) is 23.0 Å². The molecule has 0 spiro atoms. The number of alkyl halides is 6. The Morgan fingerprint density at radius 1 is 0.512 bits per heavy atom. The van der Waals surface area contributed by atoms with E-state index >= 15 is 0 Å². The fourth-order valence-corrected chi connectivity index (χ4v) is 4.11. The molecule has 8 nitrogen and oxygen atoms in total. The van der Waals surface area contributed by atoms with E-state index in [1.165, 1.54) is 0 Å². The summed E-state index contributed by atoms with van der Waals surface area (Å²) in [5.41, 5.74) is -7.53. The van der Waals surface area contributed by atoms with Gasteiger partial charge in [0.15, 0.2) is 0 Å². The van der Waals surface area contributed by atoms with E-state index < -0.39 is 38.7 Å². The second kappa shape index (κ2) is 10.8. The van der Waals surface area contributed by atoms with Gasteiger partial charge in [0.1, 0.15) is 23.0 Å². The van der Waals surface area contributed by atoms with Crippen LogP contribution in [0.15, 0.2) is 97.1 Å². The van der Waals surface area contributed by atoms with Gasteiger partial charge in [0, 0.05) is 24.3 Å². The highest BCUT2D eigenvalue weighted by Crippen LogP contribution is 2.57. The number of non-ortho nitro benzene ring substituents is 2. The standard InChI is InChI=1S/C27H16F6N2O6/c28-26(29,30)25(27(31,32)33,17-3-1-5-23(15-17)40-21-11-7-19(8-12-21)34(36)37)18-4-2-6-24(16-18)41-22-13-9-20(10-14-22)35(38)39/h1-16H. The van der Waals surface area contributed by atoms with E-state index in [1.807, 2.05) is 0 Å². The van der Waals surface area contributed by atoms with Gasteiger partial charge < -0.3 is 9.47 Å². The summed E-state index contributed by atoms with van der Waals surface area (Å²) >= 11 is 0. The molecule has 0 saturated carbocycles. The summed E-state index contributed by atoms with van der Waals surface area (Å²) in [5, 5.41) is 21.7. The molecule has 14 heteroatoms. The minimum absolute atomic E-state index is 0.0594. The van der Waals surface area contributed by atoms with Crippen molar-refractivity contribution >= 4 is 11.4 Å². The number of hydrogen-bond acceptors (Lipinski definition) is 6. The van der Waals surface area contributed by atoms with Crippen LogP contribution in [0.4, 0.5) is 37.7 Å². The van der Waals surface area contributed by atoms with Crippen LogP contribution in [0.2, 0.25) is 0 Å². The Balaban J connectivity index is 1.78. The van der Waals surface area contributed by atoms with Crippen LogP contribution in [-0.2, 0) is 5.41 Å². The molecule has 0 heterocycles. The summed E-state index contributed by atoms with van der Waals surface area (Å²) in [6.07, 6.45) is -11.8. The number of ether oxygens (including phenoxy) is 2. The molecule has 0 aliphatic rings. The third kappa shape index (κ3) is 5.76. The summed E-state index contributed by atoms with van der Waals surface area (Å²) in [6.45, 7) is 0. The smallest absolute Gasteiger partial charge is 0.411 e. The van der Waals surface area contributed by atoms with E-state index in [-0.39, 0.29) is 34.4 Å². The minimum atomic E-state index is -5.90.